The molecule has 0 fully saturated rings. The molecule has 2 aromatic carbocycles. The number of carbonyl (C=O) groups is 1. The van der Waals surface area contributed by atoms with Gasteiger partial charge in [0.15, 0.2) is 0 Å². The zero-order valence-electron chi connectivity index (χ0n) is 13.5. The Kier molecular flexibility index (Phi) is 4.46. The standard InChI is InChI=1S/C18H18FN3O2/c1-22-16-7-6-14(24-2)11-15(16)21-17(22)8-9-20-18(23)12-4-3-5-13(19)10-12/h3-7,10-11H,8-9H2,1-2H3,(H,20,23). The van der Waals surface area contributed by atoms with Crippen LogP contribution in [0.5, 0.6) is 5.75 Å². The van der Waals surface area contributed by atoms with Crippen LogP contribution in [-0.4, -0.2) is 29.1 Å². The van der Waals surface area contributed by atoms with Crippen molar-refractivity contribution in [1.29, 1.82) is 0 Å². The molecule has 6 heteroatoms. The second-order valence-corrected chi connectivity index (χ2v) is 5.46. The summed E-state index contributed by atoms with van der Waals surface area (Å²) in [6.45, 7) is 0.420. The molecule has 1 N–H and O–H groups in total. The topological polar surface area (TPSA) is 56.1 Å². The van der Waals surface area contributed by atoms with Gasteiger partial charge in [-0.25, -0.2) is 9.37 Å². The molecule has 0 unspecified atom stereocenters. The maximum Gasteiger partial charge on any atom is 0.251 e. The number of rotatable bonds is 5. The Morgan fingerprint density at radius 3 is 2.88 bits per heavy atom. The number of nitrogens with zero attached hydrogens (tertiary/aromatic N) is 2. The first-order chi connectivity index (χ1) is 11.6. The Balaban J connectivity index is 1.67. The van der Waals surface area contributed by atoms with Crippen LogP contribution in [0.4, 0.5) is 4.39 Å². The highest BCUT2D eigenvalue weighted by Gasteiger charge is 2.10. The predicted molar refractivity (Wildman–Crippen MR) is 89.7 cm³/mol. The van der Waals surface area contributed by atoms with Gasteiger partial charge in [0.25, 0.3) is 5.91 Å². The summed E-state index contributed by atoms with van der Waals surface area (Å²) in [4.78, 5) is 16.6. The Hall–Kier alpha value is -2.89. The average Bonchev–Trinajstić information content (AvgIpc) is 2.90. The molecule has 3 rings (SSSR count). The molecule has 5 nitrogen and oxygen atoms in total. The molecule has 1 amide bonds. The zero-order valence-corrected chi connectivity index (χ0v) is 13.5. The lowest BCUT2D eigenvalue weighted by Crippen LogP contribution is -2.26. The van der Waals surface area contributed by atoms with Crippen LogP contribution in [0.25, 0.3) is 11.0 Å². The summed E-state index contributed by atoms with van der Waals surface area (Å²) in [5, 5.41) is 2.79. The Morgan fingerprint density at radius 2 is 2.12 bits per heavy atom. The number of amides is 1. The lowest BCUT2D eigenvalue weighted by atomic mass is 10.2. The fourth-order valence-corrected chi connectivity index (χ4v) is 2.60. The van der Waals surface area contributed by atoms with Crippen molar-refractivity contribution in [2.75, 3.05) is 13.7 Å². The molecular formula is C18H18FN3O2. The van der Waals surface area contributed by atoms with Gasteiger partial charge in [0, 0.05) is 31.6 Å². The summed E-state index contributed by atoms with van der Waals surface area (Å²) in [7, 11) is 3.55. The molecule has 0 saturated heterocycles. The highest BCUT2D eigenvalue weighted by molar-refractivity contribution is 5.94. The molecule has 1 heterocycles. The van der Waals surface area contributed by atoms with Gasteiger partial charge in [-0.15, -0.1) is 0 Å². The minimum absolute atomic E-state index is 0.296. The summed E-state index contributed by atoms with van der Waals surface area (Å²) >= 11 is 0. The number of carbonyl (C=O) groups excluding carboxylic acids is 1. The van der Waals surface area contributed by atoms with Crippen molar-refractivity contribution in [2.45, 2.75) is 6.42 Å². The van der Waals surface area contributed by atoms with Gasteiger partial charge in [0.1, 0.15) is 17.4 Å². The summed E-state index contributed by atoms with van der Waals surface area (Å²) < 4.78 is 20.3. The molecule has 0 aliphatic carbocycles. The van der Waals surface area contributed by atoms with Crippen LogP contribution in [0.3, 0.4) is 0 Å². The minimum Gasteiger partial charge on any atom is -0.497 e. The van der Waals surface area contributed by atoms with E-state index in [1.165, 1.54) is 18.2 Å². The molecule has 0 saturated carbocycles. The van der Waals surface area contributed by atoms with E-state index in [2.05, 4.69) is 10.3 Å². The summed E-state index contributed by atoms with van der Waals surface area (Å²) in [6, 6.07) is 11.4. The molecule has 0 atom stereocenters. The lowest BCUT2D eigenvalue weighted by Gasteiger charge is -2.06. The quantitative estimate of drug-likeness (QED) is 0.784. The molecule has 124 valence electrons. The second kappa shape index (κ2) is 6.70. The molecular weight excluding hydrogens is 309 g/mol. The van der Waals surface area contributed by atoms with Crippen LogP contribution in [0, 0.1) is 5.82 Å². The summed E-state index contributed by atoms with van der Waals surface area (Å²) in [5.41, 5.74) is 2.16. The van der Waals surface area contributed by atoms with E-state index in [-0.39, 0.29) is 5.91 Å². The number of hydrogen-bond acceptors (Lipinski definition) is 3. The highest BCUT2D eigenvalue weighted by atomic mass is 19.1. The summed E-state index contributed by atoms with van der Waals surface area (Å²) in [5.74, 6) is 0.895. The second-order valence-electron chi connectivity index (χ2n) is 5.46. The number of aromatic nitrogens is 2. The predicted octanol–water partition coefficient (Wildman–Crippen LogP) is 2.69. The maximum absolute atomic E-state index is 13.1. The van der Waals surface area contributed by atoms with Gasteiger partial charge in [0.05, 0.1) is 18.1 Å². The van der Waals surface area contributed by atoms with Crippen molar-refractivity contribution in [3.05, 3.63) is 59.7 Å². The van der Waals surface area contributed by atoms with Crippen molar-refractivity contribution in [1.82, 2.24) is 14.9 Å². The molecule has 0 aliphatic heterocycles. The lowest BCUT2D eigenvalue weighted by molar-refractivity contribution is 0.0953. The number of fused-ring (bicyclic) bond motifs is 1. The van der Waals surface area contributed by atoms with Crippen molar-refractivity contribution < 1.29 is 13.9 Å². The molecule has 3 aromatic rings. The third kappa shape index (κ3) is 3.22. The number of hydrogen-bond donors (Lipinski definition) is 1. The highest BCUT2D eigenvalue weighted by Crippen LogP contribution is 2.21. The van der Waals surface area contributed by atoms with Gasteiger partial charge >= 0.3 is 0 Å². The number of ether oxygens (including phenoxy) is 1. The number of halogens is 1. The van der Waals surface area contributed by atoms with E-state index >= 15 is 0 Å². The van der Waals surface area contributed by atoms with E-state index < -0.39 is 5.82 Å². The van der Waals surface area contributed by atoms with E-state index in [4.69, 9.17) is 4.74 Å². The van der Waals surface area contributed by atoms with E-state index in [0.29, 0.717) is 18.5 Å². The average molecular weight is 327 g/mol. The van der Waals surface area contributed by atoms with Crippen LogP contribution < -0.4 is 10.1 Å². The van der Waals surface area contributed by atoms with Gasteiger partial charge in [0.2, 0.25) is 0 Å². The molecule has 0 aliphatic rings. The zero-order chi connectivity index (χ0) is 17.1. The fraction of sp³-hybridized carbons (Fsp3) is 0.222. The monoisotopic (exact) mass is 327 g/mol. The molecule has 0 bridgehead atoms. The Labute approximate surface area is 139 Å². The van der Waals surface area contributed by atoms with Crippen molar-refractivity contribution in [3.63, 3.8) is 0 Å². The third-order valence-corrected chi connectivity index (χ3v) is 3.90. The van der Waals surface area contributed by atoms with Crippen molar-refractivity contribution in [2.24, 2.45) is 7.05 Å². The van der Waals surface area contributed by atoms with Crippen LogP contribution in [0.15, 0.2) is 42.5 Å². The Bertz CT molecular complexity index is 889. The van der Waals surface area contributed by atoms with Crippen LogP contribution in [-0.2, 0) is 13.5 Å². The maximum atomic E-state index is 13.1. The number of methoxy groups -OCH3 is 1. The molecule has 24 heavy (non-hydrogen) atoms. The number of imidazole rings is 1. The molecule has 0 radical (unpaired) electrons. The van der Waals surface area contributed by atoms with Crippen molar-refractivity contribution in [3.8, 4) is 5.75 Å². The number of aryl methyl sites for hydroxylation is 1. The first-order valence-corrected chi connectivity index (χ1v) is 7.61. The van der Waals surface area contributed by atoms with E-state index in [1.54, 1.807) is 13.2 Å². The molecule has 0 spiro atoms. The van der Waals surface area contributed by atoms with Crippen LogP contribution >= 0.6 is 0 Å². The van der Waals surface area contributed by atoms with Gasteiger partial charge in [-0.1, -0.05) is 6.07 Å². The first kappa shape index (κ1) is 16.0. The van der Waals surface area contributed by atoms with Crippen LogP contribution in [0.2, 0.25) is 0 Å². The fourth-order valence-electron chi connectivity index (χ4n) is 2.60. The Morgan fingerprint density at radius 1 is 1.29 bits per heavy atom. The largest absolute Gasteiger partial charge is 0.497 e. The minimum atomic E-state index is -0.424. The third-order valence-electron chi connectivity index (χ3n) is 3.90. The number of benzene rings is 2. The van der Waals surface area contributed by atoms with E-state index in [9.17, 15) is 9.18 Å². The number of nitrogens with one attached hydrogen (secondary N) is 1. The van der Waals surface area contributed by atoms with E-state index in [0.717, 1.165) is 22.6 Å². The van der Waals surface area contributed by atoms with Crippen molar-refractivity contribution >= 4 is 16.9 Å². The van der Waals surface area contributed by atoms with Gasteiger partial charge in [-0.05, 0) is 30.3 Å². The van der Waals surface area contributed by atoms with E-state index in [1.807, 2.05) is 29.8 Å². The summed E-state index contributed by atoms with van der Waals surface area (Å²) in [6.07, 6.45) is 0.578. The van der Waals surface area contributed by atoms with Crippen LogP contribution in [0.1, 0.15) is 16.2 Å². The van der Waals surface area contributed by atoms with Gasteiger partial charge < -0.3 is 14.6 Å². The smallest absolute Gasteiger partial charge is 0.251 e. The molecule has 1 aromatic heterocycles. The first-order valence-electron chi connectivity index (χ1n) is 7.61. The SMILES string of the molecule is COc1ccc2c(c1)nc(CCNC(=O)c1cccc(F)c1)n2C. The normalized spacial score (nSPS) is 10.8. The van der Waals surface area contributed by atoms with Gasteiger partial charge in [-0.3, -0.25) is 4.79 Å². The van der Waals surface area contributed by atoms with Gasteiger partial charge in [-0.2, -0.15) is 0 Å².